The highest BCUT2D eigenvalue weighted by molar-refractivity contribution is 5.72. The van der Waals surface area contributed by atoms with Crippen LogP contribution in [0.2, 0.25) is 0 Å². The monoisotopic (exact) mass is 360 g/mol. The summed E-state index contributed by atoms with van der Waals surface area (Å²) >= 11 is 0. The lowest BCUT2D eigenvalue weighted by Gasteiger charge is -2.07. The molecule has 4 nitrogen and oxygen atoms in total. The number of carbonyl (C=O) groups is 1. The van der Waals surface area contributed by atoms with Gasteiger partial charge in [0.25, 0.3) is 0 Å². The van der Waals surface area contributed by atoms with E-state index in [1.54, 1.807) is 12.5 Å². The zero-order chi connectivity index (χ0) is 19.4. The van der Waals surface area contributed by atoms with E-state index < -0.39 is 12.1 Å². The molecule has 2 N–H and O–H groups in total. The first-order chi connectivity index (χ1) is 12.4. The van der Waals surface area contributed by atoms with Gasteiger partial charge in [0.1, 0.15) is 0 Å². The molecule has 1 unspecified atom stereocenters. The average Bonchev–Trinajstić information content (AvgIpc) is 3.08. The van der Waals surface area contributed by atoms with Crippen LogP contribution in [-0.4, -0.2) is 22.3 Å². The van der Waals surface area contributed by atoms with E-state index in [4.69, 9.17) is 9.52 Å². The number of furan rings is 1. The SMILES string of the molecule is C/C(=C/CC[C@@H](C)/C=C/C=C(\C)CCCc1ccoc1)CC(O)C(=O)O. The zero-order valence-corrected chi connectivity index (χ0v) is 16.1. The Morgan fingerprint density at radius 2 is 2.08 bits per heavy atom. The van der Waals surface area contributed by atoms with Crippen LogP contribution in [0, 0.1) is 5.92 Å². The summed E-state index contributed by atoms with van der Waals surface area (Å²) in [5.41, 5.74) is 3.54. The highest BCUT2D eigenvalue weighted by Crippen LogP contribution is 2.13. The summed E-state index contributed by atoms with van der Waals surface area (Å²) in [6.07, 6.45) is 16.1. The second kappa shape index (κ2) is 12.3. The summed E-state index contributed by atoms with van der Waals surface area (Å²) in [7, 11) is 0. The number of hydrogen-bond donors (Lipinski definition) is 2. The Bertz CT molecular complexity index is 608. The van der Waals surface area contributed by atoms with Gasteiger partial charge in [-0.2, -0.15) is 0 Å². The molecule has 0 saturated heterocycles. The maximum absolute atomic E-state index is 10.6. The number of allylic oxidation sites excluding steroid dienone is 5. The molecule has 0 amide bonds. The Morgan fingerprint density at radius 1 is 1.31 bits per heavy atom. The van der Waals surface area contributed by atoms with E-state index >= 15 is 0 Å². The van der Waals surface area contributed by atoms with Gasteiger partial charge in [-0.25, -0.2) is 4.79 Å². The lowest BCUT2D eigenvalue weighted by molar-refractivity contribution is -0.146. The largest absolute Gasteiger partial charge is 0.479 e. The molecule has 0 bridgehead atoms. The summed E-state index contributed by atoms with van der Waals surface area (Å²) in [5, 5.41) is 18.0. The number of hydrogen-bond acceptors (Lipinski definition) is 3. The predicted octanol–water partition coefficient (Wildman–Crippen LogP) is 5.30. The van der Waals surface area contributed by atoms with Crippen molar-refractivity contribution < 1.29 is 19.4 Å². The highest BCUT2D eigenvalue weighted by atomic mass is 16.4. The van der Waals surface area contributed by atoms with E-state index in [9.17, 15) is 9.90 Å². The van der Waals surface area contributed by atoms with E-state index in [0.29, 0.717) is 5.92 Å². The third kappa shape index (κ3) is 10.0. The summed E-state index contributed by atoms with van der Waals surface area (Å²) in [6.45, 7) is 6.19. The van der Waals surface area contributed by atoms with Crippen molar-refractivity contribution in [2.75, 3.05) is 0 Å². The number of carboxylic acids is 1. The van der Waals surface area contributed by atoms with Crippen LogP contribution in [0.1, 0.15) is 58.4 Å². The van der Waals surface area contributed by atoms with E-state index in [0.717, 1.165) is 37.7 Å². The van der Waals surface area contributed by atoms with Gasteiger partial charge in [0.2, 0.25) is 0 Å². The number of rotatable bonds is 12. The normalized spacial score (nSPS) is 15.4. The fourth-order valence-electron chi connectivity index (χ4n) is 2.66. The van der Waals surface area contributed by atoms with Crippen LogP contribution in [0.4, 0.5) is 0 Å². The molecule has 144 valence electrons. The molecule has 0 radical (unpaired) electrons. The number of carboxylic acid groups (broad SMARTS) is 1. The van der Waals surface area contributed by atoms with Crippen LogP contribution in [-0.2, 0) is 11.2 Å². The van der Waals surface area contributed by atoms with Crippen molar-refractivity contribution in [3.05, 3.63) is 59.6 Å². The van der Waals surface area contributed by atoms with Gasteiger partial charge < -0.3 is 14.6 Å². The maximum atomic E-state index is 10.6. The van der Waals surface area contributed by atoms with Crippen molar-refractivity contribution in [1.29, 1.82) is 0 Å². The van der Waals surface area contributed by atoms with Crippen LogP contribution in [0.25, 0.3) is 0 Å². The number of aryl methyl sites for hydroxylation is 1. The first kappa shape index (κ1) is 22.0. The van der Waals surface area contributed by atoms with Crippen LogP contribution in [0.3, 0.4) is 0 Å². The Kier molecular flexibility index (Phi) is 10.4. The third-order valence-electron chi connectivity index (χ3n) is 4.35. The number of aliphatic carboxylic acids is 1. The molecule has 1 aromatic rings. The van der Waals surface area contributed by atoms with Gasteiger partial charge in [-0.3, -0.25) is 0 Å². The van der Waals surface area contributed by atoms with Gasteiger partial charge in [-0.1, -0.05) is 42.4 Å². The fraction of sp³-hybridized carbons (Fsp3) is 0.500. The topological polar surface area (TPSA) is 70.7 Å². The minimum absolute atomic E-state index is 0.195. The van der Waals surface area contributed by atoms with Gasteiger partial charge in [0.05, 0.1) is 12.5 Å². The fourth-order valence-corrected chi connectivity index (χ4v) is 2.66. The standard InChI is InChI=1S/C22H32O4/c1-17(9-5-11-19(3)15-21(23)22(24)25)7-4-8-18(2)10-6-12-20-13-14-26-16-20/h4,7-8,11,13-14,16-17,21,23H,5-6,9-10,12,15H2,1-3H3,(H,24,25)/b7-4+,18-8+,19-11-/t17-,21?/m0/s1. The van der Waals surface area contributed by atoms with Crippen LogP contribution in [0.5, 0.6) is 0 Å². The van der Waals surface area contributed by atoms with Crippen molar-refractivity contribution in [3.63, 3.8) is 0 Å². The van der Waals surface area contributed by atoms with Crippen molar-refractivity contribution in [1.82, 2.24) is 0 Å². The minimum atomic E-state index is -1.30. The third-order valence-corrected chi connectivity index (χ3v) is 4.35. The summed E-state index contributed by atoms with van der Waals surface area (Å²) < 4.78 is 5.07. The van der Waals surface area contributed by atoms with Crippen LogP contribution < -0.4 is 0 Å². The number of aliphatic hydroxyl groups is 1. The maximum Gasteiger partial charge on any atom is 0.332 e. The quantitative estimate of drug-likeness (QED) is 0.392. The second-order valence-electron chi connectivity index (χ2n) is 7.05. The minimum Gasteiger partial charge on any atom is -0.479 e. The lowest BCUT2D eigenvalue weighted by atomic mass is 10.0. The van der Waals surface area contributed by atoms with Crippen LogP contribution in [0.15, 0.2) is 58.5 Å². The molecule has 1 aromatic heterocycles. The van der Waals surface area contributed by atoms with Crippen LogP contribution >= 0.6 is 0 Å². The van der Waals surface area contributed by atoms with E-state index in [2.05, 4.69) is 32.1 Å². The van der Waals surface area contributed by atoms with Gasteiger partial charge in [-0.05, 0) is 63.5 Å². The molecular formula is C22H32O4. The molecule has 4 heteroatoms. The second-order valence-corrected chi connectivity index (χ2v) is 7.05. The van der Waals surface area contributed by atoms with E-state index in [1.165, 1.54) is 11.1 Å². The van der Waals surface area contributed by atoms with E-state index in [-0.39, 0.29) is 6.42 Å². The molecule has 0 saturated carbocycles. The van der Waals surface area contributed by atoms with Gasteiger partial charge in [0.15, 0.2) is 6.10 Å². The Hall–Kier alpha value is -2.07. The molecule has 0 spiro atoms. The molecule has 0 aromatic carbocycles. The smallest absolute Gasteiger partial charge is 0.332 e. The molecule has 0 aliphatic rings. The van der Waals surface area contributed by atoms with Gasteiger partial charge in [-0.15, -0.1) is 0 Å². The molecule has 26 heavy (non-hydrogen) atoms. The predicted molar refractivity (Wildman–Crippen MR) is 105 cm³/mol. The molecule has 0 aliphatic heterocycles. The molecule has 0 aliphatic carbocycles. The number of aliphatic hydroxyl groups excluding tert-OH is 1. The van der Waals surface area contributed by atoms with Crippen molar-refractivity contribution in [2.45, 2.75) is 65.4 Å². The highest BCUT2D eigenvalue weighted by Gasteiger charge is 2.12. The summed E-state index contributed by atoms with van der Waals surface area (Å²) in [5.74, 6) is -0.709. The first-order valence-corrected chi connectivity index (χ1v) is 9.30. The summed E-state index contributed by atoms with van der Waals surface area (Å²) in [4.78, 5) is 10.6. The van der Waals surface area contributed by atoms with Crippen molar-refractivity contribution in [3.8, 4) is 0 Å². The Morgan fingerprint density at radius 3 is 2.73 bits per heavy atom. The Labute approximate surface area is 156 Å². The molecule has 2 atom stereocenters. The van der Waals surface area contributed by atoms with Crippen molar-refractivity contribution >= 4 is 5.97 Å². The van der Waals surface area contributed by atoms with Crippen molar-refractivity contribution in [2.24, 2.45) is 5.92 Å². The zero-order valence-electron chi connectivity index (χ0n) is 16.1. The molecule has 1 rings (SSSR count). The molecular weight excluding hydrogens is 328 g/mol. The van der Waals surface area contributed by atoms with Gasteiger partial charge >= 0.3 is 5.97 Å². The average molecular weight is 360 g/mol. The lowest BCUT2D eigenvalue weighted by Crippen LogP contribution is -2.19. The molecule has 0 fully saturated rings. The van der Waals surface area contributed by atoms with E-state index in [1.807, 2.05) is 19.1 Å². The Balaban J connectivity index is 2.24. The molecule has 1 heterocycles. The van der Waals surface area contributed by atoms with Gasteiger partial charge in [0, 0.05) is 6.42 Å². The first-order valence-electron chi connectivity index (χ1n) is 9.30. The summed E-state index contributed by atoms with van der Waals surface area (Å²) in [6, 6.07) is 2.01.